The van der Waals surface area contributed by atoms with E-state index in [1.165, 1.54) is 20.9 Å². The van der Waals surface area contributed by atoms with Crippen molar-refractivity contribution in [1.82, 2.24) is 0 Å². The predicted octanol–water partition coefficient (Wildman–Crippen LogP) is 4.12. The third-order valence-corrected chi connectivity index (χ3v) is 4.65. The lowest BCUT2D eigenvalue weighted by Gasteiger charge is -2.29. The molecule has 2 heteroatoms. The second-order valence-electron chi connectivity index (χ2n) is 4.65. The van der Waals surface area contributed by atoms with E-state index in [1.54, 1.807) is 11.8 Å². The zero-order chi connectivity index (χ0) is 12.5. The molecular weight excluding hydrogens is 240 g/mol. The maximum absolute atomic E-state index is 11.2. The Labute approximate surface area is 111 Å². The lowest BCUT2D eigenvalue weighted by atomic mass is 9.82. The summed E-state index contributed by atoms with van der Waals surface area (Å²) in [6, 6.07) is 16.8. The number of rotatable bonds is 2. The summed E-state index contributed by atoms with van der Waals surface area (Å²) in [5, 5.41) is 0. The van der Waals surface area contributed by atoms with Crippen molar-refractivity contribution < 1.29 is 4.79 Å². The second-order valence-corrected chi connectivity index (χ2v) is 5.73. The smallest absolute Gasteiger partial charge is 0.123 e. The molecule has 0 spiro atoms. The van der Waals surface area contributed by atoms with Crippen molar-refractivity contribution in [1.29, 1.82) is 0 Å². The zero-order valence-corrected chi connectivity index (χ0v) is 11.0. The van der Waals surface area contributed by atoms with Crippen LogP contribution in [0, 0.1) is 5.92 Å². The molecule has 1 aliphatic heterocycles. The Morgan fingerprint density at radius 3 is 2.00 bits per heavy atom. The van der Waals surface area contributed by atoms with Gasteiger partial charge in [0.05, 0.1) is 0 Å². The number of carbonyl (C=O) groups is 1. The standard InChI is InChI=1S/C16H14OS/c1-11(10-17)16-12-6-2-4-8-14(12)18-15-9-5-3-7-13(15)16/h2-11,16H,1H3. The van der Waals surface area contributed by atoms with Crippen molar-refractivity contribution in [2.45, 2.75) is 22.6 Å². The molecule has 1 aliphatic rings. The number of fused-ring (bicyclic) bond motifs is 2. The van der Waals surface area contributed by atoms with Crippen LogP contribution >= 0.6 is 11.8 Å². The topological polar surface area (TPSA) is 17.1 Å². The molecule has 1 unspecified atom stereocenters. The van der Waals surface area contributed by atoms with Crippen molar-refractivity contribution in [3.8, 4) is 0 Å². The molecule has 1 nitrogen and oxygen atoms in total. The Morgan fingerprint density at radius 2 is 1.50 bits per heavy atom. The highest BCUT2D eigenvalue weighted by molar-refractivity contribution is 7.99. The molecule has 2 aromatic carbocycles. The molecule has 0 aliphatic carbocycles. The molecule has 90 valence electrons. The van der Waals surface area contributed by atoms with Crippen LogP contribution in [0.1, 0.15) is 24.0 Å². The maximum Gasteiger partial charge on any atom is 0.123 e. The van der Waals surface area contributed by atoms with Gasteiger partial charge in [0.1, 0.15) is 6.29 Å². The first kappa shape index (κ1) is 11.5. The molecule has 0 N–H and O–H groups in total. The van der Waals surface area contributed by atoms with Crippen LogP contribution in [0.2, 0.25) is 0 Å². The Kier molecular flexibility index (Phi) is 2.96. The van der Waals surface area contributed by atoms with E-state index in [0.717, 1.165) is 6.29 Å². The summed E-state index contributed by atoms with van der Waals surface area (Å²) in [5.74, 6) is 0.198. The van der Waals surface area contributed by atoms with Gasteiger partial charge in [-0.3, -0.25) is 0 Å². The number of benzene rings is 2. The minimum absolute atomic E-state index is 0.00759. The molecule has 0 radical (unpaired) electrons. The van der Waals surface area contributed by atoms with Crippen molar-refractivity contribution in [2.24, 2.45) is 5.92 Å². The second kappa shape index (κ2) is 4.62. The molecule has 0 saturated carbocycles. The molecular formula is C16H14OS. The Hall–Kier alpha value is -1.54. The average molecular weight is 254 g/mol. The summed E-state index contributed by atoms with van der Waals surface area (Å²) in [6.45, 7) is 2.00. The van der Waals surface area contributed by atoms with Gasteiger partial charge in [-0.15, -0.1) is 0 Å². The highest BCUT2D eigenvalue weighted by Gasteiger charge is 2.29. The van der Waals surface area contributed by atoms with Crippen molar-refractivity contribution in [3.63, 3.8) is 0 Å². The van der Waals surface area contributed by atoms with Gasteiger partial charge >= 0.3 is 0 Å². The van der Waals surface area contributed by atoms with Crippen molar-refractivity contribution in [3.05, 3.63) is 59.7 Å². The van der Waals surface area contributed by atoms with E-state index in [2.05, 4.69) is 48.5 Å². The average Bonchev–Trinajstić information content (AvgIpc) is 2.44. The van der Waals surface area contributed by atoms with E-state index in [4.69, 9.17) is 0 Å². The number of hydrogen-bond donors (Lipinski definition) is 0. The van der Waals surface area contributed by atoms with Gasteiger partial charge in [0.25, 0.3) is 0 Å². The summed E-state index contributed by atoms with van der Waals surface area (Å²) in [6.07, 6.45) is 1.06. The third-order valence-electron chi connectivity index (χ3n) is 3.47. The summed E-state index contributed by atoms with van der Waals surface area (Å²) < 4.78 is 0. The molecule has 1 atom stereocenters. The molecule has 2 aromatic rings. The van der Waals surface area contributed by atoms with Crippen LogP contribution in [-0.4, -0.2) is 6.29 Å². The lowest BCUT2D eigenvalue weighted by molar-refractivity contribution is -0.111. The number of aldehydes is 1. The summed E-state index contributed by atoms with van der Waals surface area (Å²) >= 11 is 1.80. The predicted molar refractivity (Wildman–Crippen MR) is 74.1 cm³/mol. The quantitative estimate of drug-likeness (QED) is 0.750. The van der Waals surface area contributed by atoms with E-state index in [9.17, 15) is 4.79 Å². The van der Waals surface area contributed by atoms with Gasteiger partial charge in [-0.25, -0.2) is 0 Å². The maximum atomic E-state index is 11.2. The fourth-order valence-corrected chi connectivity index (χ4v) is 3.75. The molecule has 0 saturated heterocycles. The van der Waals surface area contributed by atoms with Crippen LogP contribution in [0.3, 0.4) is 0 Å². The first-order valence-electron chi connectivity index (χ1n) is 6.12. The van der Waals surface area contributed by atoms with E-state index >= 15 is 0 Å². The van der Waals surface area contributed by atoms with E-state index in [0.29, 0.717) is 0 Å². The van der Waals surface area contributed by atoms with E-state index in [1.807, 2.05) is 6.92 Å². The third kappa shape index (κ3) is 1.77. The summed E-state index contributed by atoms with van der Waals surface area (Å²) in [4.78, 5) is 13.8. The summed E-state index contributed by atoms with van der Waals surface area (Å²) in [7, 11) is 0. The Bertz CT molecular complexity index is 546. The Morgan fingerprint density at radius 1 is 1.00 bits per heavy atom. The highest BCUT2D eigenvalue weighted by atomic mass is 32.2. The minimum Gasteiger partial charge on any atom is -0.303 e. The first-order chi connectivity index (χ1) is 8.81. The van der Waals surface area contributed by atoms with Gasteiger partial charge in [0.15, 0.2) is 0 Å². The fourth-order valence-electron chi connectivity index (χ4n) is 2.59. The fraction of sp³-hybridized carbons (Fsp3) is 0.188. The highest BCUT2D eigenvalue weighted by Crippen LogP contribution is 2.47. The van der Waals surface area contributed by atoms with Gasteiger partial charge in [-0.1, -0.05) is 55.1 Å². The van der Waals surface area contributed by atoms with E-state index < -0.39 is 0 Å². The van der Waals surface area contributed by atoms with Gasteiger partial charge in [0, 0.05) is 21.6 Å². The molecule has 0 aromatic heterocycles. The van der Waals surface area contributed by atoms with Crippen LogP contribution < -0.4 is 0 Å². The lowest BCUT2D eigenvalue weighted by Crippen LogP contribution is -2.16. The normalized spacial score (nSPS) is 15.6. The van der Waals surface area contributed by atoms with Crippen molar-refractivity contribution in [2.75, 3.05) is 0 Å². The van der Waals surface area contributed by atoms with Gasteiger partial charge < -0.3 is 4.79 Å². The van der Waals surface area contributed by atoms with E-state index in [-0.39, 0.29) is 11.8 Å². The molecule has 18 heavy (non-hydrogen) atoms. The first-order valence-corrected chi connectivity index (χ1v) is 6.94. The Balaban J connectivity index is 2.20. The van der Waals surface area contributed by atoms with Gasteiger partial charge in [-0.05, 0) is 23.3 Å². The number of carbonyl (C=O) groups excluding carboxylic acids is 1. The molecule has 1 heterocycles. The monoisotopic (exact) mass is 254 g/mol. The van der Waals surface area contributed by atoms with Gasteiger partial charge in [-0.2, -0.15) is 0 Å². The zero-order valence-electron chi connectivity index (χ0n) is 10.2. The van der Waals surface area contributed by atoms with Crippen LogP contribution in [0.15, 0.2) is 58.3 Å². The van der Waals surface area contributed by atoms with Crippen LogP contribution in [0.4, 0.5) is 0 Å². The summed E-state index contributed by atoms with van der Waals surface area (Å²) in [5.41, 5.74) is 2.56. The van der Waals surface area contributed by atoms with Crippen LogP contribution in [0.5, 0.6) is 0 Å². The van der Waals surface area contributed by atoms with Crippen LogP contribution in [-0.2, 0) is 4.79 Å². The molecule has 3 rings (SSSR count). The van der Waals surface area contributed by atoms with Crippen LogP contribution in [0.25, 0.3) is 0 Å². The molecule has 0 fully saturated rings. The minimum atomic E-state index is 0.00759. The molecule has 0 amide bonds. The van der Waals surface area contributed by atoms with Gasteiger partial charge in [0.2, 0.25) is 0 Å². The number of hydrogen-bond acceptors (Lipinski definition) is 2. The van der Waals surface area contributed by atoms with Crippen molar-refractivity contribution >= 4 is 18.0 Å². The SMILES string of the molecule is CC(C=O)C1c2ccccc2Sc2ccccc21. The largest absolute Gasteiger partial charge is 0.303 e. The molecule has 0 bridgehead atoms.